The molecule has 0 bridgehead atoms. The van der Waals surface area contributed by atoms with Crippen molar-refractivity contribution in [2.45, 2.75) is 53.0 Å². The lowest BCUT2D eigenvalue weighted by molar-refractivity contribution is -0.122. The summed E-state index contributed by atoms with van der Waals surface area (Å²) in [4.78, 5) is 30.8. The van der Waals surface area contributed by atoms with E-state index in [0.29, 0.717) is 52.3 Å². The molecule has 2 aromatic rings. The molecule has 3 heterocycles. The molecular weight excluding hydrogens is 480 g/mol. The molecule has 182 valence electrons. The van der Waals surface area contributed by atoms with Gasteiger partial charge in [-0.2, -0.15) is 5.26 Å². The van der Waals surface area contributed by atoms with E-state index in [9.17, 15) is 14.9 Å². The minimum Gasteiger partial charge on any atom is -0.372 e. The van der Waals surface area contributed by atoms with E-state index in [1.165, 1.54) is 11.8 Å². The van der Waals surface area contributed by atoms with E-state index in [4.69, 9.17) is 17.0 Å². The zero-order chi connectivity index (χ0) is 25.3. The van der Waals surface area contributed by atoms with Gasteiger partial charge < -0.3 is 9.64 Å². The number of rotatable bonds is 5. The molecule has 0 radical (unpaired) electrons. The van der Waals surface area contributed by atoms with Gasteiger partial charge in [-0.1, -0.05) is 54.3 Å². The van der Waals surface area contributed by atoms with Crippen LogP contribution in [0.1, 0.15) is 43.0 Å². The molecule has 2 aliphatic heterocycles. The maximum Gasteiger partial charge on any atom is 0.270 e. The van der Waals surface area contributed by atoms with Crippen LogP contribution in [0.15, 0.2) is 40.0 Å². The van der Waals surface area contributed by atoms with E-state index in [1.54, 1.807) is 22.5 Å². The van der Waals surface area contributed by atoms with Crippen molar-refractivity contribution in [3.8, 4) is 6.07 Å². The summed E-state index contributed by atoms with van der Waals surface area (Å²) in [7, 11) is 0. The molecule has 35 heavy (non-hydrogen) atoms. The third kappa shape index (κ3) is 4.92. The highest BCUT2D eigenvalue weighted by Gasteiger charge is 2.34. The average Bonchev–Trinajstić information content (AvgIpc) is 3.08. The first-order valence-corrected chi connectivity index (χ1v) is 12.8. The fraction of sp³-hybridized carbons (Fsp3) is 0.385. The van der Waals surface area contributed by atoms with E-state index >= 15 is 0 Å². The Labute approximate surface area is 215 Å². The normalized spacial score (nSPS) is 21.6. The number of aromatic nitrogens is 1. The first-order chi connectivity index (χ1) is 16.7. The molecule has 2 atom stereocenters. The Kier molecular flexibility index (Phi) is 7.45. The number of pyridine rings is 1. The van der Waals surface area contributed by atoms with Crippen molar-refractivity contribution in [1.29, 1.82) is 5.26 Å². The average molecular weight is 509 g/mol. The number of amides is 1. The first-order valence-electron chi connectivity index (χ1n) is 11.6. The molecule has 1 aromatic heterocycles. The van der Waals surface area contributed by atoms with Crippen molar-refractivity contribution in [3.05, 3.63) is 67.8 Å². The highest BCUT2D eigenvalue weighted by atomic mass is 32.2. The number of ether oxygens (including phenoxy) is 1. The highest BCUT2D eigenvalue weighted by molar-refractivity contribution is 8.26. The number of benzene rings is 1. The maximum atomic E-state index is 13.4. The Morgan fingerprint density at radius 2 is 1.86 bits per heavy atom. The van der Waals surface area contributed by atoms with Gasteiger partial charge in [-0.15, -0.1) is 0 Å². The second-order valence-corrected chi connectivity index (χ2v) is 10.5. The second kappa shape index (κ2) is 10.4. The number of hydrogen-bond acceptors (Lipinski definition) is 7. The predicted molar refractivity (Wildman–Crippen MR) is 143 cm³/mol. The molecular formula is C26H28N4O3S2. The van der Waals surface area contributed by atoms with Crippen LogP contribution in [0.4, 0.5) is 5.82 Å². The zero-order valence-electron chi connectivity index (χ0n) is 20.3. The number of nitrogens with zero attached hydrogens (tertiary/aromatic N) is 4. The minimum atomic E-state index is -0.317. The number of thiocarbonyl (C=S) groups is 1. The van der Waals surface area contributed by atoms with Crippen LogP contribution in [-0.4, -0.2) is 45.0 Å². The Morgan fingerprint density at radius 3 is 2.46 bits per heavy atom. The van der Waals surface area contributed by atoms with Gasteiger partial charge in [0.15, 0.2) is 0 Å². The standard InChI is InChI=1S/C26H28N4O3S2/c1-5-29-23(28-13-16(2)33-17(3)14-28)20(18(4)21(12-27)24(29)31)11-22-25(32)30(26(34)35-22)15-19-9-7-6-8-10-19/h6-11,16-17H,5,13-15H2,1-4H3. The third-order valence-electron chi connectivity index (χ3n) is 6.21. The van der Waals surface area contributed by atoms with E-state index in [0.717, 1.165) is 5.56 Å². The van der Waals surface area contributed by atoms with E-state index in [2.05, 4.69) is 11.0 Å². The van der Waals surface area contributed by atoms with Crippen molar-refractivity contribution < 1.29 is 9.53 Å². The van der Waals surface area contributed by atoms with Crippen molar-refractivity contribution in [2.75, 3.05) is 18.0 Å². The number of nitriles is 1. The van der Waals surface area contributed by atoms with E-state index < -0.39 is 0 Å². The number of morpholine rings is 1. The Balaban J connectivity index is 1.83. The Hall–Kier alpha value is -2.93. The summed E-state index contributed by atoms with van der Waals surface area (Å²) < 4.78 is 8.03. The van der Waals surface area contributed by atoms with Gasteiger partial charge >= 0.3 is 0 Å². The van der Waals surface area contributed by atoms with Crippen LogP contribution in [0.5, 0.6) is 0 Å². The number of hydrogen-bond donors (Lipinski definition) is 0. The number of carbonyl (C=O) groups excluding carboxylic acids is 1. The molecule has 0 aliphatic carbocycles. The first kappa shape index (κ1) is 25.2. The number of anilines is 1. The largest absolute Gasteiger partial charge is 0.372 e. The molecule has 7 nitrogen and oxygen atoms in total. The van der Waals surface area contributed by atoms with Crippen LogP contribution < -0.4 is 10.5 Å². The molecule has 2 aliphatic rings. The van der Waals surface area contributed by atoms with Gasteiger partial charge in [-0.05, 0) is 44.9 Å². The van der Waals surface area contributed by atoms with Gasteiger partial charge in [0.05, 0.1) is 23.7 Å². The van der Waals surface area contributed by atoms with E-state index in [1.807, 2.05) is 51.1 Å². The monoisotopic (exact) mass is 508 g/mol. The summed E-state index contributed by atoms with van der Waals surface area (Å²) in [5.74, 6) is 0.537. The molecule has 9 heteroatoms. The summed E-state index contributed by atoms with van der Waals surface area (Å²) >= 11 is 6.79. The van der Waals surface area contributed by atoms with Gasteiger partial charge in [0.1, 0.15) is 21.8 Å². The lowest BCUT2D eigenvalue weighted by Crippen LogP contribution is -2.48. The predicted octanol–water partition coefficient (Wildman–Crippen LogP) is 4.06. The van der Waals surface area contributed by atoms with Crippen molar-refractivity contribution >= 4 is 46.1 Å². The smallest absolute Gasteiger partial charge is 0.270 e. The summed E-state index contributed by atoms with van der Waals surface area (Å²) in [6.45, 7) is 9.66. The summed E-state index contributed by atoms with van der Waals surface area (Å²) in [6, 6.07) is 11.8. The minimum absolute atomic E-state index is 0.0213. The van der Waals surface area contributed by atoms with Crippen molar-refractivity contribution in [3.63, 3.8) is 0 Å². The van der Waals surface area contributed by atoms with Crippen molar-refractivity contribution in [1.82, 2.24) is 9.47 Å². The zero-order valence-corrected chi connectivity index (χ0v) is 21.9. The van der Waals surface area contributed by atoms with Crippen LogP contribution in [0.25, 0.3) is 6.08 Å². The fourth-order valence-corrected chi connectivity index (χ4v) is 5.90. The lowest BCUT2D eigenvalue weighted by Gasteiger charge is -2.39. The second-order valence-electron chi connectivity index (χ2n) is 8.81. The summed E-state index contributed by atoms with van der Waals surface area (Å²) in [6.07, 6.45) is 1.76. The lowest BCUT2D eigenvalue weighted by atomic mass is 10.0. The van der Waals surface area contributed by atoms with Crippen LogP contribution >= 0.6 is 24.0 Å². The topological polar surface area (TPSA) is 78.6 Å². The fourth-order valence-electron chi connectivity index (χ4n) is 4.66. The molecule has 1 amide bonds. The van der Waals surface area contributed by atoms with Crippen molar-refractivity contribution in [2.24, 2.45) is 0 Å². The van der Waals surface area contributed by atoms with Gasteiger partial charge in [0.2, 0.25) is 0 Å². The quantitative estimate of drug-likeness (QED) is 0.445. The molecule has 0 saturated carbocycles. The molecule has 2 fully saturated rings. The molecule has 0 N–H and O–H groups in total. The number of thioether (sulfide) groups is 1. The molecule has 2 saturated heterocycles. The Morgan fingerprint density at radius 1 is 1.20 bits per heavy atom. The number of carbonyl (C=O) groups is 1. The highest BCUT2D eigenvalue weighted by Crippen LogP contribution is 2.37. The van der Waals surface area contributed by atoms with Crippen LogP contribution in [0, 0.1) is 18.3 Å². The van der Waals surface area contributed by atoms with Crippen LogP contribution in [-0.2, 0) is 22.6 Å². The summed E-state index contributed by atoms with van der Waals surface area (Å²) in [5, 5.41) is 9.77. The molecule has 4 rings (SSSR count). The van der Waals surface area contributed by atoms with Gasteiger partial charge in [0, 0.05) is 25.2 Å². The van der Waals surface area contributed by atoms with Crippen LogP contribution in [0.3, 0.4) is 0 Å². The maximum absolute atomic E-state index is 13.4. The van der Waals surface area contributed by atoms with Gasteiger partial charge in [-0.3, -0.25) is 19.1 Å². The Bertz CT molecular complexity index is 1290. The van der Waals surface area contributed by atoms with Gasteiger partial charge in [-0.25, -0.2) is 0 Å². The van der Waals surface area contributed by atoms with Gasteiger partial charge in [0.25, 0.3) is 11.5 Å². The summed E-state index contributed by atoms with van der Waals surface area (Å²) in [5.41, 5.74) is 2.03. The molecule has 0 spiro atoms. The van der Waals surface area contributed by atoms with E-state index in [-0.39, 0.29) is 29.2 Å². The third-order valence-corrected chi connectivity index (χ3v) is 7.59. The molecule has 2 unspecified atom stereocenters. The molecule has 1 aromatic carbocycles. The van der Waals surface area contributed by atoms with Crippen LogP contribution in [0.2, 0.25) is 0 Å². The SMILES string of the molecule is CCn1c(N2CC(C)OC(C)C2)c(C=C2SC(=S)N(Cc3ccccc3)C2=O)c(C)c(C#N)c1=O.